The van der Waals surface area contributed by atoms with E-state index >= 15 is 0 Å². The van der Waals surface area contributed by atoms with Crippen LogP contribution in [0.5, 0.6) is 0 Å². The highest BCUT2D eigenvalue weighted by molar-refractivity contribution is 6.32. The number of furan rings is 1. The molecule has 0 aliphatic rings. The maximum absolute atomic E-state index is 12.8. The Kier molecular flexibility index (Phi) is 5.51. The molecule has 27 heavy (non-hydrogen) atoms. The molecule has 0 aliphatic heterocycles. The average Bonchev–Trinajstić information content (AvgIpc) is 2.95. The van der Waals surface area contributed by atoms with Gasteiger partial charge in [-0.3, -0.25) is 9.59 Å². The van der Waals surface area contributed by atoms with Crippen molar-refractivity contribution in [3.05, 3.63) is 63.9 Å². The first kappa shape index (κ1) is 19.0. The summed E-state index contributed by atoms with van der Waals surface area (Å²) >= 11 is 6.07. The number of anilines is 1. The number of ketones is 1. The molecule has 0 saturated heterocycles. The van der Waals surface area contributed by atoms with E-state index < -0.39 is 5.97 Å². The van der Waals surface area contributed by atoms with Crippen LogP contribution < -0.4 is 5.73 Å². The van der Waals surface area contributed by atoms with Crippen molar-refractivity contribution in [3.63, 3.8) is 0 Å². The monoisotopic (exact) mass is 385 g/mol. The first-order valence-electron chi connectivity index (χ1n) is 8.66. The zero-order valence-corrected chi connectivity index (χ0v) is 15.7. The average molecular weight is 386 g/mol. The number of halogens is 1. The van der Waals surface area contributed by atoms with Crippen LogP contribution in [0.1, 0.15) is 40.1 Å². The lowest BCUT2D eigenvalue weighted by atomic mass is 9.99. The third-order valence-electron chi connectivity index (χ3n) is 4.53. The van der Waals surface area contributed by atoms with E-state index in [-0.39, 0.29) is 12.2 Å². The summed E-state index contributed by atoms with van der Waals surface area (Å²) in [5, 5.41) is 9.85. The first-order valence-corrected chi connectivity index (χ1v) is 9.04. The van der Waals surface area contributed by atoms with Gasteiger partial charge in [-0.2, -0.15) is 0 Å². The Morgan fingerprint density at radius 2 is 1.67 bits per heavy atom. The third kappa shape index (κ3) is 4.31. The normalized spacial score (nSPS) is 11.0. The largest absolute Gasteiger partial charge is 0.481 e. The van der Waals surface area contributed by atoms with Crippen LogP contribution in [0.3, 0.4) is 0 Å². The van der Waals surface area contributed by atoms with Crippen LogP contribution in [0.15, 0.2) is 40.8 Å². The van der Waals surface area contributed by atoms with Gasteiger partial charge in [0.25, 0.3) is 0 Å². The van der Waals surface area contributed by atoms with Crippen LogP contribution in [-0.4, -0.2) is 16.9 Å². The maximum Gasteiger partial charge on any atom is 0.303 e. The first-order chi connectivity index (χ1) is 12.8. The highest BCUT2D eigenvalue weighted by atomic mass is 35.5. The van der Waals surface area contributed by atoms with Gasteiger partial charge in [-0.25, -0.2) is 0 Å². The van der Waals surface area contributed by atoms with Gasteiger partial charge in [0.2, 0.25) is 0 Å². The second-order valence-electron chi connectivity index (χ2n) is 6.54. The predicted molar refractivity (Wildman–Crippen MR) is 105 cm³/mol. The SMILES string of the molecule is Cc1oc2c(N)cc(Cl)cc2c1C(=O)CCc1ccc(CCC(=O)O)cc1. The number of carboxylic acids is 1. The lowest BCUT2D eigenvalue weighted by Crippen LogP contribution is -2.02. The van der Waals surface area contributed by atoms with Gasteiger partial charge >= 0.3 is 5.97 Å². The second kappa shape index (κ2) is 7.84. The molecule has 0 atom stereocenters. The van der Waals surface area contributed by atoms with Gasteiger partial charge in [-0.1, -0.05) is 35.9 Å². The minimum absolute atomic E-state index is 0.0251. The van der Waals surface area contributed by atoms with Crippen molar-refractivity contribution in [2.75, 3.05) is 5.73 Å². The van der Waals surface area contributed by atoms with Crippen molar-refractivity contribution in [1.82, 2.24) is 0 Å². The zero-order valence-electron chi connectivity index (χ0n) is 14.9. The summed E-state index contributed by atoms with van der Waals surface area (Å²) in [5.41, 5.74) is 9.35. The Morgan fingerprint density at radius 1 is 1.07 bits per heavy atom. The third-order valence-corrected chi connectivity index (χ3v) is 4.75. The summed E-state index contributed by atoms with van der Waals surface area (Å²) in [6.07, 6.45) is 1.52. The fourth-order valence-corrected chi connectivity index (χ4v) is 3.39. The van der Waals surface area contributed by atoms with Gasteiger partial charge < -0.3 is 15.3 Å². The molecule has 1 aromatic heterocycles. The van der Waals surface area contributed by atoms with Crippen molar-refractivity contribution in [2.45, 2.75) is 32.6 Å². The quantitative estimate of drug-likeness (QED) is 0.449. The second-order valence-corrected chi connectivity index (χ2v) is 6.97. The number of aliphatic carboxylic acids is 1. The minimum atomic E-state index is -0.812. The van der Waals surface area contributed by atoms with Crippen LogP contribution in [0.25, 0.3) is 11.0 Å². The van der Waals surface area contributed by atoms with E-state index in [9.17, 15) is 9.59 Å². The van der Waals surface area contributed by atoms with Gasteiger partial charge in [-0.05, 0) is 43.0 Å². The molecule has 0 radical (unpaired) electrons. The summed E-state index contributed by atoms with van der Waals surface area (Å²) < 4.78 is 5.67. The number of carboxylic acid groups (broad SMARTS) is 1. The van der Waals surface area contributed by atoms with E-state index in [0.29, 0.717) is 52.3 Å². The molecular formula is C21H20ClNO4. The number of aryl methyl sites for hydroxylation is 3. The highest BCUT2D eigenvalue weighted by Crippen LogP contribution is 2.33. The molecule has 0 bridgehead atoms. The van der Waals surface area contributed by atoms with Gasteiger partial charge in [0, 0.05) is 23.3 Å². The van der Waals surface area contributed by atoms with Crippen LogP contribution in [0.2, 0.25) is 5.02 Å². The van der Waals surface area contributed by atoms with Crippen molar-refractivity contribution >= 4 is 40.0 Å². The van der Waals surface area contributed by atoms with E-state index in [2.05, 4.69) is 0 Å². The molecule has 1 heterocycles. The smallest absolute Gasteiger partial charge is 0.303 e. The van der Waals surface area contributed by atoms with E-state index in [4.69, 9.17) is 26.9 Å². The zero-order chi connectivity index (χ0) is 19.6. The molecule has 3 rings (SSSR count). The molecule has 140 valence electrons. The highest BCUT2D eigenvalue weighted by Gasteiger charge is 2.20. The number of benzene rings is 2. The molecule has 0 fully saturated rings. The molecule has 5 nitrogen and oxygen atoms in total. The molecule has 0 amide bonds. The van der Waals surface area contributed by atoms with Crippen molar-refractivity contribution < 1.29 is 19.1 Å². The lowest BCUT2D eigenvalue weighted by Gasteiger charge is -2.04. The van der Waals surface area contributed by atoms with Crippen LogP contribution in [0, 0.1) is 6.92 Å². The number of carbonyl (C=O) groups is 2. The number of hydrogen-bond acceptors (Lipinski definition) is 4. The number of nitrogens with two attached hydrogens (primary N) is 1. The molecule has 0 unspecified atom stereocenters. The van der Waals surface area contributed by atoms with Gasteiger partial charge in [-0.15, -0.1) is 0 Å². The summed E-state index contributed by atoms with van der Waals surface area (Å²) in [7, 11) is 0. The van der Waals surface area contributed by atoms with E-state index in [1.807, 2.05) is 24.3 Å². The molecule has 0 aliphatic carbocycles. The Bertz CT molecular complexity index is 1010. The number of nitrogen functional groups attached to an aromatic ring is 1. The molecule has 2 aromatic carbocycles. The molecule has 0 saturated carbocycles. The minimum Gasteiger partial charge on any atom is -0.481 e. The van der Waals surface area contributed by atoms with E-state index in [1.54, 1.807) is 19.1 Å². The van der Waals surface area contributed by atoms with Crippen LogP contribution >= 0.6 is 11.6 Å². The Morgan fingerprint density at radius 3 is 2.26 bits per heavy atom. The fourth-order valence-electron chi connectivity index (χ4n) is 3.16. The van der Waals surface area contributed by atoms with Gasteiger partial charge in [0.05, 0.1) is 11.3 Å². The molecule has 3 N–H and O–H groups in total. The van der Waals surface area contributed by atoms with E-state index in [0.717, 1.165) is 11.1 Å². The molecule has 0 spiro atoms. The molecule has 6 heteroatoms. The summed E-state index contributed by atoms with van der Waals surface area (Å²) in [6.45, 7) is 1.75. The lowest BCUT2D eigenvalue weighted by molar-refractivity contribution is -0.136. The number of hydrogen-bond donors (Lipinski definition) is 2. The Hall–Kier alpha value is -2.79. The Labute approximate surface area is 161 Å². The predicted octanol–water partition coefficient (Wildman–Crippen LogP) is 4.81. The van der Waals surface area contributed by atoms with Crippen molar-refractivity contribution in [2.24, 2.45) is 0 Å². The van der Waals surface area contributed by atoms with Crippen molar-refractivity contribution in [3.8, 4) is 0 Å². The topological polar surface area (TPSA) is 93.5 Å². The Balaban J connectivity index is 1.72. The number of fused-ring (bicyclic) bond motifs is 1. The van der Waals surface area contributed by atoms with Crippen LogP contribution in [0.4, 0.5) is 5.69 Å². The summed E-state index contributed by atoms with van der Waals surface area (Å²) in [4.78, 5) is 23.4. The molecular weight excluding hydrogens is 366 g/mol. The standard InChI is InChI=1S/C21H20ClNO4/c1-12-20(16-10-15(22)11-17(23)21(16)27-12)18(24)8-6-13-2-4-14(5-3-13)7-9-19(25)26/h2-5,10-11H,6-9,23H2,1H3,(H,25,26). The van der Waals surface area contributed by atoms with Crippen LogP contribution in [-0.2, 0) is 17.6 Å². The summed E-state index contributed by atoms with van der Waals surface area (Å²) in [5.74, 6) is -0.302. The summed E-state index contributed by atoms with van der Waals surface area (Å²) in [6, 6.07) is 11.0. The van der Waals surface area contributed by atoms with E-state index in [1.165, 1.54) is 0 Å². The maximum atomic E-state index is 12.8. The molecule has 3 aromatic rings. The fraction of sp³-hybridized carbons (Fsp3) is 0.238. The number of Topliss-reactive ketones (excluding diaryl/α,β-unsaturated/α-hetero) is 1. The number of carbonyl (C=O) groups excluding carboxylic acids is 1. The van der Waals surface area contributed by atoms with Crippen molar-refractivity contribution in [1.29, 1.82) is 0 Å². The van der Waals surface area contributed by atoms with Gasteiger partial charge in [0.1, 0.15) is 5.76 Å². The van der Waals surface area contributed by atoms with Gasteiger partial charge in [0.15, 0.2) is 11.4 Å². The number of rotatable bonds is 7.